The fraction of sp³-hybridized carbons (Fsp3) is 0.133. The molecule has 2 N–H and O–H groups in total. The van der Waals surface area contributed by atoms with Crippen LogP contribution in [0.3, 0.4) is 0 Å². The Morgan fingerprint density at radius 1 is 1.24 bits per heavy atom. The highest BCUT2D eigenvalue weighted by Crippen LogP contribution is 2.26. The molecule has 0 unspecified atom stereocenters. The third kappa shape index (κ3) is 4.19. The van der Waals surface area contributed by atoms with Crippen molar-refractivity contribution in [2.24, 2.45) is 0 Å². The lowest BCUT2D eigenvalue weighted by atomic mass is 10.3. The number of carbonyl (C=O) groups excluding carboxylic acids is 1. The van der Waals surface area contributed by atoms with E-state index in [9.17, 15) is 9.18 Å². The highest BCUT2D eigenvalue weighted by atomic mass is 79.9. The number of rotatable bonds is 5. The van der Waals surface area contributed by atoms with Crippen LogP contribution in [-0.4, -0.2) is 19.6 Å². The summed E-state index contributed by atoms with van der Waals surface area (Å²) in [6.07, 6.45) is 0. The van der Waals surface area contributed by atoms with E-state index in [1.807, 2.05) is 6.07 Å². The van der Waals surface area contributed by atoms with Crippen LogP contribution in [0.5, 0.6) is 5.75 Å². The Hall–Kier alpha value is -2.08. The second kappa shape index (κ2) is 7.08. The summed E-state index contributed by atoms with van der Waals surface area (Å²) >= 11 is 3.38. The number of benzene rings is 2. The summed E-state index contributed by atoms with van der Waals surface area (Å²) < 4.78 is 19.3. The van der Waals surface area contributed by atoms with Crippen LogP contribution in [0.15, 0.2) is 46.9 Å². The second-order valence-electron chi connectivity index (χ2n) is 4.23. The van der Waals surface area contributed by atoms with Gasteiger partial charge < -0.3 is 15.4 Å². The van der Waals surface area contributed by atoms with Crippen LogP contribution in [0.2, 0.25) is 0 Å². The Morgan fingerprint density at radius 2 is 2.00 bits per heavy atom. The number of hydrogen-bond acceptors (Lipinski definition) is 3. The van der Waals surface area contributed by atoms with Crippen LogP contribution in [-0.2, 0) is 4.79 Å². The van der Waals surface area contributed by atoms with E-state index in [2.05, 4.69) is 26.6 Å². The zero-order chi connectivity index (χ0) is 15.2. The summed E-state index contributed by atoms with van der Waals surface area (Å²) in [6, 6.07) is 11.4. The number of hydrogen-bond donors (Lipinski definition) is 2. The van der Waals surface area contributed by atoms with Crippen molar-refractivity contribution >= 4 is 33.2 Å². The first-order chi connectivity index (χ1) is 10.1. The Labute approximate surface area is 130 Å². The SMILES string of the molecule is COc1ccc(Br)c(NCC(=O)Nc2ccccc2F)c1. The molecule has 0 saturated heterocycles. The Kier molecular flexibility index (Phi) is 5.16. The Morgan fingerprint density at radius 3 is 2.71 bits per heavy atom. The largest absolute Gasteiger partial charge is 0.497 e. The third-order valence-electron chi connectivity index (χ3n) is 2.76. The van der Waals surface area contributed by atoms with E-state index in [0.29, 0.717) is 5.75 Å². The van der Waals surface area contributed by atoms with Crippen LogP contribution in [0.4, 0.5) is 15.8 Å². The first-order valence-electron chi connectivity index (χ1n) is 6.22. The highest BCUT2D eigenvalue weighted by molar-refractivity contribution is 9.10. The van der Waals surface area contributed by atoms with Crippen molar-refractivity contribution in [3.05, 3.63) is 52.8 Å². The maximum Gasteiger partial charge on any atom is 0.243 e. The van der Waals surface area contributed by atoms with Crippen LogP contribution in [0.1, 0.15) is 0 Å². The molecule has 110 valence electrons. The summed E-state index contributed by atoms with van der Waals surface area (Å²) in [5.74, 6) is -0.126. The molecule has 21 heavy (non-hydrogen) atoms. The summed E-state index contributed by atoms with van der Waals surface area (Å²) in [6.45, 7) is 0.0140. The molecule has 2 rings (SSSR count). The maximum atomic E-state index is 13.4. The third-order valence-corrected chi connectivity index (χ3v) is 3.45. The van der Waals surface area contributed by atoms with Gasteiger partial charge in [-0.15, -0.1) is 0 Å². The van der Waals surface area contributed by atoms with Gasteiger partial charge in [0, 0.05) is 10.5 Å². The molecular formula is C15H14BrFN2O2. The minimum atomic E-state index is -0.464. The molecule has 0 aliphatic carbocycles. The van der Waals surface area contributed by atoms with Crippen molar-refractivity contribution in [3.63, 3.8) is 0 Å². The molecule has 4 nitrogen and oxygen atoms in total. The van der Waals surface area contributed by atoms with E-state index in [1.165, 1.54) is 12.1 Å². The molecule has 0 fully saturated rings. The van der Waals surface area contributed by atoms with Gasteiger partial charge >= 0.3 is 0 Å². The van der Waals surface area contributed by atoms with Gasteiger partial charge in [0.1, 0.15) is 11.6 Å². The highest BCUT2D eigenvalue weighted by Gasteiger charge is 2.08. The smallest absolute Gasteiger partial charge is 0.243 e. The quantitative estimate of drug-likeness (QED) is 0.863. The lowest BCUT2D eigenvalue weighted by molar-refractivity contribution is -0.114. The van der Waals surface area contributed by atoms with Crippen molar-refractivity contribution in [2.45, 2.75) is 0 Å². The molecule has 0 spiro atoms. The topological polar surface area (TPSA) is 50.4 Å². The minimum Gasteiger partial charge on any atom is -0.497 e. The number of nitrogens with one attached hydrogen (secondary N) is 2. The predicted octanol–water partition coefficient (Wildman–Crippen LogP) is 3.65. The molecule has 0 bridgehead atoms. The van der Waals surface area contributed by atoms with Gasteiger partial charge in [-0.1, -0.05) is 12.1 Å². The number of carbonyl (C=O) groups is 1. The molecule has 2 aromatic rings. The average molecular weight is 353 g/mol. The minimum absolute atomic E-state index is 0.0140. The van der Waals surface area contributed by atoms with E-state index in [0.717, 1.165) is 10.2 Å². The fourth-order valence-corrected chi connectivity index (χ4v) is 2.09. The molecule has 1 amide bonds. The van der Waals surface area contributed by atoms with E-state index < -0.39 is 5.82 Å². The van der Waals surface area contributed by atoms with E-state index >= 15 is 0 Å². The first-order valence-corrected chi connectivity index (χ1v) is 7.01. The van der Waals surface area contributed by atoms with Crippen LogP contribution in [0.25, 0.3) is 0 Å². The van der Waals surface area contributed by atoms with E-state index in [4.69, 9.17) is 4.74 Å². The number of amides is 1. The number of ether oxygens (including phenoxy) is 1. The van der Waals surface area contributed by atoms with Gasteiger partial charge in [0.05, 0.1) is 25.0 Å². The van der Waals surface area contributed by atoms with Gasteiger partial charge in [-0.05, 0) is 40.2 Å². The van der Waals surface area contributed by atoms with E-state index in [1.54, 1.807) is 31.4 Å². The predicted molar refractivity (Wildman–Crippen MR) is 84.2 cm³/mol. The molecule has 0 aromatic heterocycles. The van der Waals surface area contributed by atoms with Crippen LogP contribution < -0.4 is 15.4 Å². The van der Waals surface area contributed by atoms with Gasteiger partial charge in [-0.25, -0.2) is 4.39 Å². The molecule has 2 aromatic carbocycles. The second-order valence-corrected chi connectivity index (χ2v) is 5.08. The van der Waals surface area contributed by atoms with Crippen molar-refractivity contribution in [3.8, 4) is 5.75 Å². The lowest BCUT2D eigenvalue weighted by Crippen LogP contribution is -2.22. The Balaban J connectivity index is 1.97. The molecule has 0 saturated carbocycles. The maximum absolute atomic E-state index is 13.4. The van der Waals surface area contributed by atoms with Gasteiger partial charge in [-0.3, -0.25) is 4.79 Å². The van der Waals surface area contributed by atoms with Gasteiger partial charge in [0.25, 0.3) is 0 Å². The number of para-hydroxylation sites is 1. The molecule has 0 atom stereocenters. The Bertz CT molecular complexity index is 649. The molecule has 0 radical (unpaired) electrons. The number of methoxy groups -OCH3 is 1. The first kappa shape index (κ1) is 15.3. The van der Waals surface area contributed by atoms with E-state index in [-0.39, 0.29) is 18.1 Å². The summed E-state index contributed by atoms with van der Waals surface area (Å²) in [4.78, 5) is 11.8. The molecule has 6 heteroatoms. The standard InChI is InChI=1S/C15H14BrFN2O2/c1-21-10-6-7-11(16)14(8-10)18-9-15(20)19-13-5-3-2-4-12(13)17/h2-8,18H,9H2,1H3,(H,19,20). The monoisotopic (exact) mass is 352 g/mol. The summed E-state index contributed by atoms with van der Waals surface area (Å²) in [7, 11) is 1.57. The molecule has 0 heterocycles. The number of anilines is 2. The van der Waals surface area contributed by atoms with Crippen molar-refractivity contribution in [1.82, 2.24) is 0 Å². The van der Waals surface area contributed by atoms with Crippen molar-refractivity contribution < 1.29 is 13.9 Å². The van der Waals surface area contributed by atoms with Gasteiger partial charge in [0.2, 0.25) is 5.91 Å². The van der Waals surface area contributed by atoms with Crippen molar-refractivity contribution in [1.29, 1.82) is 0 Å². The van der Waals surface area contributed by atoms with Crippen molar-refractivity contribution in [2.75, 3.05) is 24.3 Å². The number of halogens is 2. The normalized spacial score (nSPS) is 10.0. The van der Waals surface area contributed by atoms with Crippen LogP contribution in [0, 0.1) is 5.82 Å². The summed E-state index contributed by atoms with van der Waals surface area (Å²) in [5.41, 5.74) is 0.882. The fourth-order valence-electron chi connectivity index (χ4n) is 1.70. The molecule has 0 aliphatic heterocycles. The average Bonchev–Trinajstić information content (AvgIpc) is 2.49. The molecule has 0 aliphatic rings. The summed E-state index contributed by atoms with van der Waals surface area (Å²) in [5, 5.41) is 5.47. The zero-order valence-corrected chi connectivity index (χ0v) is 12.9. The van der Waals surface area contributed by atoms with Gasteiger partial charge in [-0.2, -0.15) is 0 Å². The lowest BCUT2D eigenvalue weighted by Gasteiger charge is -2.11. The zero-order valence-electron chi connectivity index (χ0n) is 11.3. The van der Waals surface area contributed by atoms with Gasteiger partial charge in [0.15, 0.2) is 0 Å². The molecular weight excluding hydrogens is 339 g/mol. The van der Waals surface area contributed by atoms with Crippen LogP contribution >= 0.6 is 15.9 Å².